The number of nitrogens with zero attached hydrogens (tertiary/aromatic N) is 2. The molecule has 0 saturated carbocycles. The van der Waals surface area contributed by atoms with Crippen LogP contribution < -0.4 is 10.1 Å². The van der Waals surface area contributed by atoms with E-state index >= 15 is 0 Å². The third-order valence-corrected chi connectivity index (χ3v) is 4.11. The van der Waals surface area contributed by atoms with E-state index in [2.05, 4.69) is 14.9 Å². The average Bonchev–Trinajstić information content (AvgIpc) is 2.94. The highest BCUT2D eigenvalue weighted by Crippen LogP contribution is 2.15. The SMILES string of the molecule is COc1cccc(COCC(=O)NC2CCc3nc(C)cn3C2)c1. The minimum Gasteiger partial charge on any atom is -0.497 e. The van der Waals surface area contributed by atoms with E-state index in [0.717, 1.165) is 42.2 Å². The molecule has 1 aromatic carbocycles. The van der Waals surface area contributed by atoms with Crippen LogP contribution in [0.5, 0.6) is 5.75 Å². The van der Waals surface area contributed by atoms with Crippen LogP contribution in [0.1, 0.15) is 23.5 Å². The summed E-state index contributed by atoms with van der Waals surface area (Å²) in [5, 5.41) is 3.04. The van der Waals surface area contributed by atoms with E-state index in [9.17, 15) is 4.79 Å². The molecular weight excluding hydrogens is 306 g/mol. The fourth-order valence-corrected chi connectivity index (χ4v) is 3.00. The third kappa shape index (κ3) is 4.14. The van der Waals surface area contributed by atoms with Gasteiger partial charge in [-0.1, -0.05) is 12.1 Å². The predicted molar refractivity (Wildman–Crippen MR) is 89.9 cm³/mol. The molecule has 1 unspecified atom stereocenters. The summed E-state index contributed by atoms with van der Waals surface area (Å²) in [5.74, 6) is 1.81. The highest BCUT2D eigenvalue weighted by molar-refractivity contribution is 5.77. The summed E-state index contributed by atoms with van der Waals surface area (Å²) in [6.07, 6.45) is 3.84. The van der Waals surface area contributed by atoms with E-state index in [4.69, 9.17) is 9.47 Å². The molecule has 0 radical (unpaired) electrons. The molecule has 3 rings (SSSR count). The maximum Gasteiger partial charge on any atom is 0.246 e. The monoisotopic (exact) mass is 329 g/mol. The Morgan fingerprint density at radius 1 is 1.46 bits per heavy atom. The number of nitrogens with one attached hydrogen (secondary N) is 1. The molecule has 2 aromatic rings. The first-order chi connectivity index (χ1) is 11.6. The van der Waals surface area contributed by atoms with Gasteiger partial charge < -0.3 is 19.4 Å². The number of imidazole rings is 1. The predicted octanol–water partition coefficient (Wildman–Crippen LogP) is 1.85. The third-order valence-electron chi connectivity index (χ3n) is 4.11. The second-order valence-electron chi connectivity index (χ2n) is 6.10. The van der Waals surface area contributed by atoms with E-state index in [1.165, 1.54) is 0 Å². The summed E-state index contributed by atoms with van der Waals surface area (Å²) in [6, 6.07) is 7.78. The molecule has 0 aliphatic carbocycles. The summed E-state index contributed by atoms with van der Waals surface area (Å²) >= 11 is 0. The zero-order valence-corrected chi connectivity index (χ0v) is 14.1. The van der Waals surface area contributed by atoms with Crippen molar-refractivity contribution in [2.45, 2.75) is 39.0 Å². The number of amides is 1. The Morgan fingerprint density at radius 3 is 3.17 bits per heavy atom. The molecule has 1 aromatic heterocycles. The highest BCUT2D eigenvalue weighted by Gasteiger charge is 2.21. The van der Waals surface area contributed by atoms with Gasteiger partial charge in [-0.05, 0) is 31.0 Å². The molecule has 128 valence electrons. The fourth-order valence-electron chi connectivity index (χ4n) is 3.00. The first-order valence-corrected chi connectivity index (χ1v) is 8.16. The number of ether oxygens (including phenoxy) is 2. The van der Waals surface area contributed by atoms with Crippen molar-refractivity contribution in [3.8, 4) is 5.75 Å². The molecule has 1 aliphatic rings. The van der Waals surface area contributed by atoms with E-state index in [1.807, 2.05) is 37.4 Å². The normalized spacial score (nSPS) is 16.5. The van der Waals surface area contributed by atoms with Crippen LogP contribution in [0, 0.1) is 6.92 Å². The van der Waals surface area contributed by atoms with Gasteiger partial charge in [0.05, 0.1) is 19.4 Å². The van der Waals surface area contributed by atoms with Crippen molar-refractivity contribution in [3.05, 3.63) is 47.5 Å². The van der Waals surface area contributed by atoms with Gasteiger partial charge in [-0.3, -0.25) is 4.79 Å². The van der Waals surface area contributed by atoms with Gasteiger partial charge in [0.15, 0.2) is 0 Å². The standard InChI is InChI=1S/C18H23N3O3/c1-13-9-21-10-15(6-7-17(21)19-13)20-18(22)12-24-11-14-4-3-5-16(8-14)23-2/h3-5,8-9,15H,6-7,10-12H2,1-2H3,(H,20,22). The van der Waals surface area contributed by atoms with Crippen LogP contribution in [0.2, 0.25) is 0 Å². The van der Waals surface area contributed by atoms with Gasteiger partial charge in [-0.15, -0.1) is 0 Å². The summed E-state index contributed by atoms with van der Waals surface area (Å²) in [5.41, 5.74) is 2.01. The van der Waals surface area contributed by atoms with Gasteiger partial charge >= 0.3 is 0 Å². The van der Waals surface area contributed by atoms with E-state index in [-0.39, 0.29) is 18.6 Å². The number of hydrogen-bond donors (Lipinski definition) is 1. The topological polar surface area (TPSA) is 65.4 Å². The number of carbonyl (C=O) groups is 1. The first kappa shape index (κ1) is 16.5. The van der Waals surface area contributed by atoms with E-state index in [0.29, 0.717) is 6.61 Å². The maximum atomic E-state index is 12.1. The summed E-state index contributed by atoms with van der Waals surface area (Å²) in [4.78, 5) is 16.5. The molecule has 6 nitrogen and oxygen atoms in total. The molecule has 1 aliphatic heterocycles. The fraction of sp³-hybridized carbons (Fsp3) is 0.444. The molecule has 0 spiro atoms. The van der Waals surface area contributed by atoms with Crippen molar-refractivity contribution < 1.29 is 14.3 Å². The highest BCUT2D eigenvalue weighted by atomic mass is 16.5. The van der Waals surface area contributed by atoms with Crippen LogP contribution in [0.4, 0.5) is 0 Å². The van der Waals surface area contributed by atoms with Crippen LogP contribution in [-0.2, 0) is 29.1 Å². The lowest BCUT2D eigenvalue weighted by atomic mass is 10.1. The van der Waals surface area contributed by atoms with Crippen molar-refractivity contribution >= 4 is 5.91 Å². The number of benzene rings is 1. The smallest absolute Gasteiger partial charge is 0.246 e. The largest absolute Gasteiger partial charge is 0.497 e. The van der Waals surface area contributed by atoms with E-state index < -0.39 is 0 Å². The van der Waals surface area contributed by atoms with Crippen LogP contribution in [-0.4, -0.2) is 35.2 Å². The molecular formula is C18H23N3O3. The molecule has 0 bridgehead atoms. The van der Waals surface area contributed by atoms with Crippen LogP contribution in [0.3, 0.4) is 0 Å². The number of fused-ring (bicyclic) bond motifs is 1. The number of methoxy groups -OCH3 is 1. The lowest BCUT2D eigenvalue weighted by molar-refractivity contribution is -0.127. The summed E-state index contributed by atoms with van der Waals surface area (Å²) < 4.78 is 12.8. The van der Waals surface area contributed by atoms with Gasteiger partial charge in [0.25, 0.3) is 0 Å². The Morgan fingerprint density at radius 2 is 2.33 bits per heavy atom. The van der Waals surface area contributed by atoms with E-state index in [1.54, 1.807) is 7.11 Å². The van der Waals surface area contributed by atoms with Crippen LogP contribution >= 0.6 is 0 Å². The van der Waals surface area contributed by atoms with Gasteiger partial charge in [-0.25, -0.2) is 4.98 Å². The minimum atomic E-state index is -0.0804. The van der Waals surface area contributed by atoms with Crippen molar-refractivity contribution in [2.24, 2.45) is 0 Å². The average molecular weight is 329 g/mol. The Labute approximate surface area is 141 Å². The molecule has 1 atom stereocenters. The van der Waals surface area contributed by atoms with Gasteiger partial charge in [-0.2, -0.15) is 0 Å². The van der Waals surface area contributed by atoms with Gasteiger partial charge in [0.2, 0.25) is 5.91 Å². The zero-order chi connectivity index (χ0) is 16.9. The second kappa shape index (κ2) is 7.49. The number of carbonyl (C=O) groups excluding carboxylic acids is 1. The molecule has 1 amide bonds. The quantitative estimate of drug-likeness (QED) is 0.878. The lowest BCUT2D eigenvalue weighted by Gasteiger charge is -2.24. The molecule has 24 heavy (non-hydrogen) atoms. The second-order valence-corrected chi connectivity index (χ2v) is 6.10. The van der Waals surface area contributed by atoms with Gasteiger partial charge in [0, 0.05) is 25.2 Å². The number of aromatic nitrogens is 2. The number of aryl methyl sites for hydroxylation is 2. The van der Waals surface area contributed by atoms with Crippen molar-refractivity contribution in [1.82, 2.24) is 14.9 Å². The molecule has 0 saturated heterocycles. The summed E-state index contributed by atoms with van der Waals surface area (Å²) in [7, 11) is 1.63. The molecule has 0 fully saturated rings. The van der Waals surface area contributed by atoms with Crippen LogP contribution in [0.15, 0.2) is 30.5 Å². The number of rotatable bonds is 6. The number of hydrogen-bond acceptors (Lipinski definition) is 4. The van der Waals surface area contributed by atoms with Gasteiger partial charge in [0.1, 0.15) is 18.2 Å². The Bertz CT molecular complexity index is 711. The Hall–Kier alpha value is -2.34. The minimum absolute atomic E-state index is 0.0591. The summed E-state index contributed by atoms with van der Waals surface area (Å²) in [6.45, 7) is 3.22. The van der Waals surface area contributed by atoms with Crippen LogP contribution in [0.25, 0.3) is 0 Å². The Kier molecular flexibility index (Phi) is 5.15. The molecule has 6 heteroatoms. The van der Waals surface area contributed by atoms with Crippen molar-refractivity contribution in [1.29, 1.82) is 0 Å². The molecule has 1 N–H and O–H groups in total. The maximum absolute atomic E-state index is 12.1. The zero-order valence-electron chi connectivity index (χ0n) is 14.1. The van der Waals surface area contributed by atoms with Crippen molar-refractivity contribution in [3.63, 3.8) is 0 Å². The van der Waals surface area contributed by atoms with Crippen molar-refractivity contribution in [2.75, 3.05) is 13.7 Å². The first-order valence-electron chi connectivity index (χ1n) is 8.16. The Balaban J connectivity index is 1.43. The lowest BCUT2D eigenvalue weighted by Crippen LogP contribution is -2.42. The molecule has 2 heterocycles.